The second-order valence-corrected chi connectivity index (χ2v) is 5.92. The van der Waals surface area contributed by atoms with E-state index in [1.807, 2.05) is 6.20 Å². The third kappa shape index (κ3) is 2.72. The van der Waals surface area contributed by atoms with Crippen LogP contribution in [0.5, 0.6) is 0 Å². The zero-order valence-electron chi connectivity index (χ0n) is 12.2. The normalized spacial score (nSPS) is 17.1. The lowest BCUT2D eigenvalue weighted by molar-refractivity contribution is 0.406. The minimum Gasteiger partial charge on any atom is -0.396 e. The summed E-state index contributed by atoms with van der Waals surface area (Å²) in [5, 5.41) is 4.77. The summed E-state index contributed by atoms with van der Waals surface area (Å²) in [7, 11) is 0. The highest BCUT2D eigenvalue weighted by atomic mass is 15.3. The molecule has 0 spiro atoms. The van der Waals surface area contributed by atoms with Gasteiger partial charge in [0.1, 0.15) is 5.69 Å². The van der Waals surface area contributed by atoms with Crippen molar-refractivity contribution in [2.45, 2.75) is 51.5 Å². The fourth-order valence-electron chi connectivity index (χ4n) is 3.05. The zero-order chi connectivity index (χ0) is 13.9. The van der Waals surface area contributed by atoms with Crippen LogP contribution >= 0.6 is 0 Å². The number of nitrogens with zero attached hydrogens (tertiary/aromatic N) is 2. The Morgan fingerprint density at radius 1 is 1.05 bits per heavy atom. The maximum absolute atomic E-state index is 6.17. The van der Waals surface area contributed by atoms with Crippen molar-refractivity contribution >= 4 is 5.69 Å². The number of benzene rings is 1. The van der Waals surface area contributed by atoms with Crippen LogP contribution in [0.4, 0.5) is 5.69 Å². The summed E-state index contributed by atoms with van der Waals surface area (Å²) in [5.41, 5.74) is 10.3. The Hall–Kier alpha value is -1.77. The molecule has 20 heavy (non-hydrogen) atoms. The van der Waals surface area contributed by atoms with Gasteiger partial charge >= 0.3 is 0 Å². The van der Waals surface area contributed by atoms with Crippen LogP contribution in [-0.2, 0) is 0 Å². The van der Waals surface area contributed by atoms with Crippen molar-refractivity contribution in [2.75, 3.05) is 5.73 Å². The summed E-state index contributed by atoms with van der Waals surface area (Å²) >= 11 is 0. The van der Waals surface area contributed by atoms with E-state index in [1.54, 1.807) is 0 Å². The van der Waals surface area contributed by atoms with E-state index in [-0.39, 0.29) is 0 Å². The summed E-state index contributed by atoms with van der Waals surface area (Å²) < 4.78 is 2.11. The van der Waals surface area contributed by atoms with Gasteiger partial charge in [0, 0.05) is 11.8 Å². The van der Waals surface area contributed by atoms with Crippen LogP contribution in [0, 0.1) is 6.92 Å². The molecule has 1 aliphatic carbocycles. The summed E-state index contributed by atoms with van der Waals surface area (Å²) in [6.07, 6.45) is 9.82. The van der Waals surface area contributed by atoms with Crippen molar-refractivity contribution in [3.8, 4) is 11.3 Å². The lowest BCUT2D eigenvalue weighted by Crippen LogP contribution is -2.08. The van der Waals surface area contributed by atoms with Crippen LogP contribution in [0.3, 0.4) is 0 Å². The predicted molar refractivity (Wildman–Crippen MR) is 83.6 cm³/mol. The number of aryl methyl sites for hydroxylation is 1. The van der Waals surface area contributed by atoms with Crippen molar-refractivity contribution < 1.29 is 0 Å². The van der Waals surface area contributed by atoms with Gasteiger partial charge in [-0.15, -0.1) is 0 Å². The second-order valence-electron chi connectivity index (χ2n) is 5.92. The van der Waals surface area contributed by atoms with Crippen LogP contribution in [0.2, 0.25) is 0 Å². The van der Waals surface area contributed by atoms with Crippen LogP contribution < -0.4 is 5.73 Å². The molecule has 0 amide bonds. The molecular formula is C17H23N3. The number of nitrogens with two attached hydrogens (primary N) is 1. The molecule has 0 unspecified atom stereocenters. The topological polar surface area (TPSA) is 43.8 Å². The molecule has 106 valence electrons. The molecule has 1 saturated carbocycles. The van der Waals surface area contributed by atoms with Crippen LogP contribution in [0.15, 0.2) is 30.5 Å². The molecule has 2 aromatic rings. The molecule has 3 rings (SSSR count). The quantitative estimate of drug-likeness (QED) is 0.824. The van der Waals surface area contributed by atoms with E-state index in [1.165, 1.54) is 44.1 Å². The number of nitrogen functional groups attached to an aromatic ring is 1. The van der Waals surface area contributed by atoms with Gasteiger partial charge in [-0.2, -0.15) is 5.10 Å². The first kappa shape index (κ1) is 13.2. The summed E-state index contributed by atoms with van der Waals surface area (Å²) in [6.45, 7) is 2.09. The standard InChI is InChI=1S/C17H23N3/c1-13-8-10-14(11-9-13)17-16(18)12-20(19-17)15-6-4-2-3-5-7-15/h8-12,15H,2-7,18H2,1H3. The highest BCUT2D eigenvalue weighted by molar-refractivity contribution is 5.72. The number of anilines is 1. The molecule has 1 aromatic heterocycles. The number of hydrogen-bond donors (Lipinski definition) is 1. The first-order valence-electron chi connectivity index (χ1n) is 7.66. The van der Waals surface area contributed by atoms with E-state index >= 15 is 0 Å². The van der Waals surface area contributed by atoms with Crippen molar-refractivity contribution in [2.24, 2.45) is 0 Å². The average molecular weight is 269 g/mol. The maximum atomic E-state index is 6.17. The van der Waals surface area contributed by atoms with Gasteiger partial charge in [-0.1, -0.05) is 55.5 Å². The Kier molecular flexibility index (Phi) is 3.77. The van der Waals surface area contributed by atoms with Gasteiger partial charge in [-0.3, -0.25) is 4.68 Å². The first-order chi connectivity index (χ1) is 9.74. The lowest BCUT2D eigenvalue weighted by Gasteiger charge is -2.14. The summed E-state index contributed by atoms with van der Waals surface area (Å²) in [5.74, 6) is 0. The number of aromatic nitrogens is 2. The molecule has 0 radical (unpaired) electrons. The van der Waals surface area contributed by atoms with Crippen molar-refractivity contribution in [3.05, 3.63) is 36.0 Å². The van der Waals surface area contributed by atoms with E-state index in [0.29, 0.717) is 6.04 Å². The fourth-order valence-corrected chi connectivity index (χ4v) is 3.05. The Labute approximate surface area is 120 Å². The number of rotatable bonds is 2. The monoisotopic (exact) mass is 269 g/mol. The van der Waals surface area contributed by atoms with Gasteiger partial charge in [0.25, 0.3) is 0 Å². The molecule has 0 bridgehead atoms. The minimum atomic E-state index is 0.527. The van der Waals surface area contributed by atoms with Gasteiger partial charge in [-0.05, 0) is 19.8 Å². The van der Waals surface area contributed by atoms with Crippen molar-refractivity contribution in [1.82, 2.24) is 9.78 Å². The van der Waals surface area contributed by atoms with Crippen LogP contribution in [0.1, 0.15) is 50.1 Å². The molecular weight excluding hydrogens is 246 g/mol. The van der Waals surface area contributed by atoms with E-state index in [4.69, 9.17) is 10.8 Å². The van der Waals surface area contributed by atoms with E-state index in [0.717, 1.165) is 16.9 Å². The van der Waals surface area contributed by atoms with Crippen molar-refractivity contribution in [3.63, 3.8) is 0 Å². The molecule has 3 nitrogen and oxygen atoms in total. The van der Waals surface area contributed by atoms with Crippen molar-refractivity contribution in [1.29, 1.82) is 0 Å². The van der Waals surface area contributed by atoms with Gasteiger partial charge in [0.15, 0.2) is 0 Å². The molecule has 3 heteroatoms. The van der Waals surface area contributed by atoms with Gasteiger partial charge in [0.05, 0.1) is 11.7 Å². The zero-order valence-corrected chi connectivity index (χ0v) is 12.2. The Morgan fingerprint density at radius 3 is 2.35 bits per heavy atom. The maximum Gasteiger partial charge on any atom is 0.115 e. The molecule has 1 heterocycles. The highest BCUT2D eigenvalue weighted by Gasteiger charge is 2.17. The van der Waals surface area contributed by atoms with Crippen LogP contribution in [-0.4, -0.2) is 9.78 Å². The molecule has 2 N–H and O–H groups in total. The third-order valence-electron chi connectivity index (χ3n) is 4.28. The van der Waals surface area contributed by atoms with Gasteiger partial charge in [-0.25, -0.2) is 0 Å². The molecule has 1 aliphatic rings. The average Bonchev–Trinajstić information content (AvgIpc) is 2.66. The van der Waals surface area contributed by atoms with E-state index < -0.39 is 0 Å². The number of hydrogen-bond acceptors (Lipinski definition) is 2. The SMILES string of the molecule is Cc1ccc(-c2nn(C3CCCCCC3)cc2N)cc1. The summed E-state index contributed by atoms with van der Waals surface area (Å²) in [4.78, 5) is 0. The summed E-state index contributed by atoms with van der Waals surface area (Å²) in [6, 6.07) is 8.95. The Bertz CT molecular complexity index is 560. The Morgan fingerprint density at radius 2 is 1.70 bits per heavy atom. The highest BCUT2D eigenvalue weighted by Crippen LogP contribution is 2.31. The largest absolute Gasteiger partial charge is 0.396 e. The van der Waals surface area contributed by atoms with Crippen LogP contribution in [0.25, 0.3) is 11.3 Å². The smallest absolute Gasteiger partial charge is 0.115 e. The van der Waals surface area contributed by atoms with E-state index in [9.17, 15) is 0 Å². The van der Waals surface area contributed by atoms with Gasteiger partial charge in [0.2, 0.25) is 0 Å². The van der Waals surface area contributed by atoms with E-state index in [2.05, 4.69) is 35.9 Å². The molecule has 1 aromatic carbocycles. The molecule has 0 saturated heterocycles. The molecule has 1 fully saturated rings. The first-order valence-corrected chi connectivity index (χ1v) is 7.66. The third-order valence-corrected chi connectivity index (χ3v) is 4.28. The fraction of sp³-hybridized carbons (Fsp3) is 0.471. The van der Waals surface area contributed by atoms with Gasteiger partial charge < -0.3 is 5.73 Å². The second kappa shape index (κ2) is 5.70. The minimum absolute atomic E-state index is 0.527. The predicted octanol–water partition coefficient (Wildman–Crippen LogP) is 4.34. The Balaban J connectivity index is 1.88. The molecule has 0 aliphatic heterocycles. The molecule has 0 atom stereocenters. The lowest BCUT2D eigenvalue weighted by atomic mass is 10.1.